The zero-order chi connectivity index (χ0) is 14.2. The maximum Gasteiger partial charge on any atom is 0.390 e. The molecule has 0 saturated carbocycles. The van der Waals surface area contributed by atoms with E-state index >= 15 is 0 Å². The van der Waals surface area contributed by atoms with Crippen LogP contribution < -0.4 is 5.32 Å². The van der Waals surface area contributed by atoms with E-state index in [0.717, 1.165) is 19.3 Å². The fourth-order valence-electron chi connectivity index (χ4n) is 3.26. The van der Waals surface area contributed by atoms with Gasteiger partial charge in [-0.05, 0) is 24.8 Å². The molecule has 20 heavy (non-hydrogen) atoms. The van der Waals surface area contributed by atoms with Crippen molar-refractivity contribution in [2.75, 3.05) is 0 Å². The van der Waals surface area contributed by atoms with Gasteiger partial charge >= 0.3 is 6.18 Å². The third-order valence-corrected chi connectivity index (χ3v) is 4.16. The lowest BCUT2D eigenvalue weighted by Gasteiger charge is -2.28. The molecule has 0 radical (unpaired) electrons. The van der Waals surface area contributed by atoms with Gasteiger partial charge in [0.15, 0.2) is 0 Å². The summed E-state index contributed by atoms with van der Waals surface area (Å²) >= 11 is 0. The molecule has 2 nitrogen and oxygen atoms in total. The zero-order valence-electron chi connectivity index (χ0n) is 11.1. The maximum absolute atomic E-state index is 12.8. The first-order chi connectivity index (χ1) is 9.51. The van der Waals surface area contributed by atoms with Gasteiger partial charge in [-0.2, -0.15) is 13.2 Å². The lowest BCUT2D eigenvalue weighted by atomic mass is 9.93. The van der Waals surface area contributed by atoms with E-state index in [1.165, 1.54) is 0 Å². The Morgan fingerprint density at radius 2 is 1.95 bits per heavy atom. The molecule has 2 fully saturated rings. The summed E-state index contributed by atoms with van der Waals surface area (Å²) in [6, 6.07) is 8.21. The zero-order valence-corrected chi connectivity index (χ0v) is 11.1. The summed E-state index contributed by atoms with van der Waals surface area (Å²) in [6.45, 7) is 0. The average Bonchev–Trinajstić information content (AvgIpc) is 3.00. The number of rotatable bonds is 4. The molecule has 5 heteroatoms. The fraction of sp³-hybridized carbons (Fsp3) is 0.600. The molecule has 0 aliphatic carbocycles. The molecule has 0 aromatic heterocycles. The van der Waals surface area contributed by atoms with Crippen LogP contribution in [0.4, 0.5) is 13.2 Å². The van der Waals surface area contributed by atoms with Crippen molar-refractivity contribution in [3.63, 3.8) is 0 Å². The van der Waals surface area contributed by atoms with Crippen molar-refractivity contribution in [2.24, 2.45) is 0 Å². The third kappa shape index (κ3) is 3.15. The first-order valence-corrected chi connectivity index (χ1v) is 7.04. The monoisotopic (exact) mass is 285 g/mol. The van der Waals surface area contributed by atoms with Gasteiger partial charge in [-0.3, -0.25) is 0 Å². The van der Waals surface area contributed by atoms with Gasteiger partial charge < -0.3 is 10.1 Å². The Labute approximate surface area is 116 Å². The Bertz CT molecular complexity index is 448. The summed E-state index contributed by atoms with van der Waals surface area (Å²) in [6.07, 6.45) is -1.88. The van der Waals surface area contributed by atoms with E-state index in [1.807, 2.05) is 6.07 Å². The fourth-order valence-corrected chi connectivity index (χ4v) is 3.26. The van der Waals surface area contributed by atoms with Crippen LogP contribution in [0, 0.1) is 0 Å². The molecular formula is C15H18F3NO. The first kappa shape index (κ1) is 13.9. The summed E-state index contributed by atoms with van der Waals surface area (Å²) in [4.78, 5) is 0. The van der Waals surface area contributed by atoms with Crippen LogP contribution in [-0.2, 0) is 4.74 Å². The summed E-state index contributed by atoms with van der Waals surface area (Å²) in [5, 5.41) is 3.18. The molecule has 0 amide bonds. The van der Waals surface area contributed by atoms with E-state index in [-0.39, 0.29) is 18.2 Å². The number of alkyl halides is 3. The van der Waals surface area contributed by atoms with E-state index in [2.05, 4.69) is 5.32 Å². The number of hydrogen-bond donors (Lipinski definition) is 1. The van der Waals surface area contributed by atoms with Gasteiger partial charge in [0.2, 0.25) is 0 Å². The highest BCUT2D eigenvalue weighted by Gasteiger charge is 2.43. The Balaban J connectivity index is 1.72. The number of halogens is 3. The Morgan fingerprint density at radius 1 is 1.20 bits per heavy atom. The number of benzene rings is 1. The minimum atomic E-state index is -4.17. The summed E-state index contributed by atoms with van der Waals surface area (Å²) in [5.74, 6) is 0. The molecule has 2 aliphatic rings. The number of hydrogen-bond acceptors (Lipinski definition) is 2. The van der Waals surface area contributed by atoms with Gasteiger partial charge in [0, 0.05) is 12.1 Å². The van der Waals surface area contributed by atoms with Crippen LogP contribution in [0.15, 0.2) is 30.3 Å². The van der Waals surface area contributed by atoms with Gasteiger partial charge in [0.1, 0.15) is 0 Å². The third-order valence-electron chi connectivity index (χ3n) is 4.16. The quantitative estimate of drug-likeness (QED) is 0.913. The van der Waals surface area contributed by atoms with E-state index in [1.54, 1.807) is 24.3 Å². The lowest BCUT2D eigenvalue weighted by Crippen LogP contribution is -2.41. The highest BCUT2D eigenvalue weighted by atomic mass is 19.4. The van der Waals surface area contributed by atoms with Crippen molar-refractivity contribution < 1.29 is 17.9 Å². The van der Waals surface area contributed by atoms with Crippen LogP contribution in [0.3, 0.4) is 0 Å². The molecule has 1 aromatic rings. The largest absolute Gasteiger partial charge is 0.390 e. The van der Waals surface area contributed by atoms with Crippen LogP contribution in [0.5, 0.6) is 0 Å². The highest BCUT2D eigenvalue weighted by molar-refractivity contribution is 5.19. The average molecular weight is 285 g/mol. The van der Waals surface area contributed by atoms with Crippen molar-refractivity contribution in [3.05, 3.63) is 35.9 Å². The van der Waals surface area contributed by atoms with Crippen molar-refractivity contribution in [1.82, 2.24) is 5.32 Å². The molecule has 4 unspecified atom stereocenters. The number of fused-ring (bicyclic) bond motifs is 2. The smallest absolute Gasteiger partial charge is 0.373 e. The van der Waals surface area contributed by atoms with E-state index in [9.17, 15) is 13.2 Å². The van der Waals surface area contributed by atoms with Crippen LogP contribution in [0.1, 0.15) is 37.3 Å². The van der Waals surface area contributed by atoms with Crippen LogP contribution in [0.25, 0.3) is 0 Å². The number of ether oxygens (including phenoxy) is 1. The van der Waals surface area contributed by atoms with Crippen LogP contribution in [0.2, 0.25) is 0 Å². The van der Waals surface area contributed by atoms with E-state index < -0.39 is 18.6 Å². The SMILES string of the molecule is FC(F)(F)CC(NC1CC2CCC1O2)c1ccccc1. The van der Waals surface area contributed by atoms with Gasteiger partial charge in [0.05, 0.1) is 18.6 Å². The molecule has 110 valence electrons. The van der Waals surface area contributed by atoms with Crippen molar-refractivity contribution in [2.45, 2.75) is 56.2 Å². The Kier molecular flexibility index (Phi) is 3.73. The number of nitrogens with one attached hydrogen (secondary N) is 1. The maximum atomic E-state index is 12.8. The second kappa shape index (κ2) is 5.37. The van der Waals surface area contributed by atoms with Gasteiger partial charge in [-0.1, -0.05) is 30.3 Å². The van der Waals surface area contributed by atoms with Crippen molar-refractivity contribution in [3.8, 4) is 0 Å². The molecule has 3 rings (SSSR count). The second-order valence-electron chi connectivity index (χ2n) is 5.67. The lowest BCUT2D eigenvalue weighted by molar-refractivity contribution is -0.141. The van der Waals surface area contributed by atoms with Crippen molar-refractivity contribution >= 4 is 0 Å². The minimum absolute atomic E-state index is 0.0429. The highest BCUT2D eigenvalue weighted by Crippen LogP contribution is 2.37. The van der Waals surface area contributed by atoms with Crippen LogP contribution in [-0.4, -0.2) is 24.4 Å². The van der Waals surface area contributed by atoms with Gasteiger partial charge in [-0.15, -0.1) is 0 Å². The molecule has 4 atom stereocenters. The second-order valence-corrected chi connectivity index (χ2v) is 5.67. The summed E-state index contributed by atoms with van der Waals surface area (Å²) in [5.41, 5.74) is 0.688. The van der Waals surface area contributed by atoms with Gasteiger partial charge in [0.25, 0.3) is 0 Å². The van der Waals surface area contributed by atoms with E-state index in [0.29, 0.717) is 5.56 Å². The minimum Gasteiger partial charge on any atom is -0.373 e. The molecular weight excluding hydrogens is 267 g/mol. The topological polar surface area (TPSA) is 21.3 Å². The first-order valence-electron chi connectivity index (χ1n) is 7.04. The van der Waals surface area contributed by atoms with Crippen molar-refractivity contribution in [1.29, 1.82) is 0 Å². The van der Waals surface area contributed by atoms with Crippen LogP contribution >= 0.6 is 0 Å². The summed E-state index contributed by atoms with van der Waals surface area (Å²) in [7, 11) is 0. The molecule has 2 heterocycles. The summed E-state index contributed by atoms with van der Waals surface area (Å²) < 4.78 is 44.1. The predicted octanol–water partition coefficient (Wildman–Crippen LogP) is 3.59. The molecule has 2 saturated heterocycles. The van der Waals surface area contributed by atoms with Gasteiger partial charge in [-0.25, -0.2) is 0 Å². The molecule has 2 aliphatic heterocycles. The van der Waals surface area contributed by atoms with E-state index in [4.69, 9.17) is 4.74 Å². The molecule has 0 spiro atoms. The molecule has 2 bridgehead atoms. The Morgan fingerprint density at radius 3 is 2.50 bits per heavy atom. The standard InChI is InChI=1S/C15H18F3NO/c16-15(17,18)9-13(10-4-2-1-3-5-10)19-12-8-11-6-7-14(12)20-11/h1-5,11-14,19H,6-9H2. The predicted molar refractivity (Wildman–Crippen MR) is 69.3 cm³/mol. The molecule has 1 aromatic carbocycles. The molecule has 1 N–H and O–H groups in total. The normalized spacial score (nSPS) is 30.6. The Hall–Kier alpha value is -1.07.